The molecule has 20 heavy (non-hydrogen) atoms. The van der Waals surface area contributed by atoms with Gasteiger partial charge in [0.05, 0.1) is 12.6 Å². The number of anilines is 1. The highest BCUT2D eigenvalue weighted by Crippen LogP contribution is 2.21. The number of carbonyl (C=O) groups is 1. The van der Waals surface area contributed by atoms with Crippen molar-refractivity contribution < 1.29 is 18.7 Å². The van der Waals surface area contributed by atoms with Crippen LogP contribution in [0.5, 0.6) is 5.75 Å². The molecule has 112 valence electrons. The minimum atomic E-state index is -0.639. The number of hydrogen-bond acceptors (Lipinski definition) is 4. The summed E-state index contributed by atoms with van der Waals surface area (Å²) in [6.45, 7) is 2.71. The van der Waals surface area contributed by atoms with Gasteiger partial charge in [0.1, 0.15) is 0 Å². The van der Waals surface area contributed by atoms with E-state index in [0.717, 1.165) is 0 Å². The van der Waals surface area contributed by atoms with Crippen LogP contribution in [0.1, 0.15) is 19.8 Å². The van der Waals surface area contributed by atoms with Crippen molar-refractivity contribution in [2.24, 2.45) is 5.73 Å². The van der Waals surface area contributed by atoms with Crippen molar-refractivity contribution in [3.8, 4) is 5.75 Å². The summed E-state index contributed by atoms with van der Waals surface area (Å²) in [7, 11) is 1.59. The van der Waals surface area contributed by atoms with E-state index in [1.54, 1.807) is 20.1 Å². The monoisotopic (exact) mass is 284 g/mol. The van der Waals surface area contributed by atoms with Gasteiger partial charge in [-0.3, -0.25) is 4.79 Å². The van der Waals surface area contributed by atoms with Crippen LogP contribution in [0.4, 0.5) is 10.1 Å². The number of amides is 1. The average Bonchev–Trinajstić information content (AvgIpc) is 2.42. The molecule has 1 atom stereocenters. The van der Waals surface area contributed by atoms with Crippen molar-refractivity contribution in [3.63, 3.8) is 0 Å². The van der Waals surface area contributed by atoms with E-state index >= 15 is 0 Å². The van der Waals surface area contributed by atoms with E-state index in [1.807, 2.05) is 0 Å². The molecule has 0 saturated carbocycles. The molecule has 0 saturated heterocycles. The lowest BCUT2D eigenvalue weighted by molar-refractivity contribution is -0.117. The van der Waals surface area contributed by atoms with Crippen molar-refractivity contribution in [2.45, 2.75) is 25.8 Å². The lowest BCUT2D eigenvalue weighted by Crippen LogP contribution is -2.35. The standard InChI is InChI=1S/C14H21FN2O3/c1-3-20-13-7-6-10(9-11(13)15)17-14(18)12(16)5-4-8-19-2/h6-7,9,12H,3-5,8,16H2,1-2H3,(H,17,18). The highest BCUT2D eigenvalue weighted by atomic mass is 19.1. The zero-order chi connectivity index (χ0) is 15.0. The van der Waals surface area contributed by atoms with Gasteiger partial charge < -0.3 is 20.5 Å². The molecule has 5 nitrogen and oxygen atoms in total. The van der Waals surface area contributed by atoms with Crippen LogP contribution in [0.2, 0.25) is 0 Å². The number of methoxy groups -OCH3 is 1. The van der Waals surface area contributed by atoms with E-state index in [1.165, 1.54) is 12.1 Å². The topological polar surface area (TPSA) is 73.6 Å². The number of benzene rings is 1. The predicted molar refractivity (Wildman–Crippen MR) is 75.3 cm³/mol. The quantitative estimate of drug-likeness (QED) is 0.715. The van der Waals surface area contributed by atoms with Crippen LogP contribution in [0, 0.1) is 5.82 Å². The third-order valence-corrected chi connectivity index (χ3v) is 2.70. The van der Waals surface area contributed by atoms with Gasteiger partial charge in [-0.2, -0.15) is 0 Å². The Morgan fingerprint density at radius 3 is 2.85 bits per heavy atom. The largest absolute Gasteiger partial charge is 0.491 e. The molecular formula is C14H21FN2O3. The fraction of sp³-hybridized carbons (Fsp3) is 0.500. The first-order valence-electron chi connectivity index (χ1n) is 6.56. The van der Waals surface area contributed by atoms with Gasteiger partial charge in [-0.1, -0.05) is 0 Å². The molecule has 0 spiro atoms. The minimum absolute atomic E-state index is 0.162. The summed E-state index contributed by atoms with van der Waals surface area (Å²) < 4.78 is 23.6. The molecule has 1 aromatic carbocycles. The van der Waals surface area contributed by atoms with E-state index in [2.05, 4.69) is 5.32 Å². The van der Waals surface area contributed by atoms with Crippen LogP contribution in [0.3, 0.4) is 0 Å². The Bertz CT molecular complexity index is 440. The van der Waals surface area contributed by atoms with Crippen molar-refractivity contribution in [3.05, 3.63) is 24.0 Å². The fourth-order valence-corrected chi connectivity index (χ4v) is 1.66. The lowest BCUT2D eigenvalue weighted by Gasteiger charge is -2.13. The number of hydrogen-bond donors (Lipinski definition) is 2. The second-order valence-corrected chi connectivity index (χ2v) is 4.31. The van der Waals surface area contributed by atoms with Crippen LogP contribution in [-0.4, -0.2) is 32.3 Å². The van der Waals surface area contributed by atoms with Crippen molar-refractivity contribution in [1.82, 2.24) is 0 Å². The molecule has 1 unspecified atom stereocenters. The summed E-state index contributed by atoms with van der Waals surface area (Å²) in [6.07, 6.45) is 1.21. The second-order valence-electron chi connectivity index (χ2n) is 4.31. The molecule has 0 fully saturated rings. The van der Waals surface area contributed by atoms with Gasteiger partial charge >= 0.3 is 0 Å². The number of ether oxygens (including phenoxy) is 2. The number of carbonyl (C=O) groups excluding carboxylic acids is 1. The zero-order valence-corrected chi connectivity index (χ0v) is 11.8. The van der Waals surface area contributed by atoms with Crippen molar-refractivity contribution >= 4 is 11.6 Å². The number of halogens is 1. The smallest absolute Gasteiger partial charge is 0.241 e. The van der Waals surface area contributed by atoms with Crippen LogP contribution < -0.4 is 15.8 Å². The molecule has 1 aromatic rings. The molecule has 1 amide bonds. The maximum atomic E-state index is 13.6. The van der Waals surface area contributed by atoms with Gasteiger partial charge in [-0.05, 0) is 31.9 Å². The van der Waals surface area contributed by atoms with E-state index in [0.29, 0.717) is 31.7 Å². The molecule has 0 aromatic heterocycles. The molecular weight excluding hydrogens is 263 g/mol. The van der Waals surface area contributed by atoms with Gasteiger partial charge in [0.15, 0.2) is 11.6 Å². The Hall–Kier alpha value is -1.66. The summed E-state index contributed by atoms with van der Waals surface area (Å²) in [6, 6.07) is 3.63. The second kappa shape index (κ2) is 8.50. The molecule has 0 radical (unpaired) electrons. The number of nitrogens with two attached hydrogens (primary N) is 1. The maximum absolute atomic E-state index is 13.6. The van der Waals surface area contributed by atoms with Crippen LogP contribution in [0.25, 0.3) is 0 Å². The van der Waals surface area contributed by atoms with Crippen molar-refractivity contribution in [1.29, 1.82) is 0 Å². The molecule has 0 aliphatic carbocycles. The number of nitrogens with one attached hydrogen (secondary N) is 1. The summed E-state index contributed by atoms with van der Waals surface area (Å²) in [4.78, 5) is 11.8. The zero-order valence-electron chi connectivity index (χ0n) is 11.8. The molecule has 3 N–H and O–H groups in total. The van der Waals surface area contributed by atoms with Crippen LogP contribution >= 0.6 is 0 Å². The summed E-state index contributed by atoms with van der Waals surface area (Å²) >= 11 is 0. The molecule has 1 rings (SSSR count). The van der Waals surface area contributed by atoms with Gasteiger partial charge in [0.25, 0.3) is 0 Å². The van der Waals surface area contributed by atoms with Gasteiger partial charge in [0, 0.05) is 25.5 Å². The third kappa shape index (κ3) is 5.14. The summed E-state index contributed by atoms with van der Waals surface area (Å²) in [5.41, 5.74) is 6.09. The van der Waals surface area contributed by atoms with E-state index in [4.69, 9.17) is 15.2 Å². The van der Waals surface area contributed by atoms with Gasteiger partial charge in [-0.15, -0.1) is 0 Å². The number of rotatable bonds is 8. The Kier molecular flexibility index (Phi) is 6.97. The molecule has 0 aliphatic rings. The van der Waals surface area contributed by atoms with E-state index < -0.39 is 11.9 Å². The van der Waals surface area contributed by atoms with Gasteiger partial charge in [0.2, 0.25) is 5.91 Å². The fourth-order valence-electron chi connectivity index (χ4n) is 1.66. The Balaban J connectivity index is 2.55. The van der Waals surface area contributed by atoms with Gasteiger partial charge in [-0.25, -0.2) is 4.39 Å². The predicted octanol–water partition coefficient (Wildman–Crippen LogP) is 1.92. The first-order chi connectivity index (χ1) is 9.58. The Morgan fingerprint density at radius 1 is 1.50 bits per heavy atom. The van der Waals surface area contributed by atoms with Crippen LogP contribution in [-0.2, 0) is 9.53 Å². The minimum Gasteiger partial charge on any atom is -0.491 e. The molecule has 0 aliphatic heterocycles. The van der Waals surface area contributed by atoms with Crippen molar-refractivity contribution in [2.75, 3.05) is 25.6 Å². The van der Waals surface area contributed by atoms with E-state index in [-0.39, 0.29) is 11.7 Å². The van der Waals surface area contributed by atoms with E-state index in [9.17, 15) is 9.18 Å². The summed E-state index contributed by atoms with van der Waals surface area (Å²) in [5, 5.41) is 2.58. The molecule has 0 heterocycles. The Labute approximate surface area is 118 Å². The molecule has 0 bridgehead atoms. The molecule has 6 heteroatoms. The Morgan fingerprint density at radius 2 is 2.25 bits per heavy atom. The SMILES string of the molecule is CCOc1ccc(NC(=O)C(N)CCCOC)cc1F. The first kappa shape index (κ1) is 16.4. The average molecular weight is 284 g/mol. The summed E-state index contributed by atoms with van der Waals surface area (Å²) in [5.74, 6) is -0.697. The maximum Gasteiger partial charge on any atom is 0.241 e. The first-order valence-corrected chi connectivity index (χ1v) is 6.56. The third-order valence-electron chi connectivity index (χ3n) is 2.70. The highest BCUT2D eigenvalue weighted by molar-refractivity contribution is 5.94. The highest BCUT2D eigenvalue weighted by Gasteiger charge is 2.14. The normalized spacial score (nSPS) is 12.0. The lowest BCUT2D eigenvalue weighted by atomic mass is 10.1. The van der Waals surface area contributed by atoms with Crippen LogP contribution in [0.15, 0.2) is 18.2 Å².